The molecule has 106 valence electrons. The SMILES string of the molecule is CC1CCC(Nc2ncc(C(F)(F)F)cc2Cl)C1C. The molecule has 0 saturated heterocycles. The number of nitrogens with one attached hydrogen (secondary N) is 1. The van der Waals surface area contributed by atoms with Gasteiger partial charge >= 0.3 is 6.18 Å². The van der Waals surface area contributed by atoms with Crippen LogP contribution in [0.1, 0.15) is 32.3 Å². The zero-order chi connectivity index (χ0) is 14.2. The highest BCUT2D eigenvalue weighted by atomic mass is 35.5. The van der Waals surface area contributed by atoms with Crippen molar-refractivity contribution in [1.82, 2.24) is 4.98 Å². The van der Waals surface area contributed by atoms with E-state index in [-0.39, 0.29) is 11.1 Å². The lowest BCUT2D eigenvalue weighted by Gasteiger charge is -2.21. The van der Waals surface area contributed by atoms with Gasteiger partial charge in [-0.25, -0.2) is 4.98 Å². The van der Waals surface area contributed by atoms with E-state index in [1.54, 1.807) is 0 Å². The van der Waals surface area contributed by atoms with Crippen LogP contribution in [-0.4, -0.2) is 11.0 Å². The van der Waals surface area contributed by atoms with Gasteiger partial charge in [0, 0.05) is 12.2 Å². The van der Waals surface area contributed by atoms with Crippen LogP contribution >= 0.6 is 11.6 Å². The highest BCUT2D eigenvalue weighted by Crippen LogP contribution is 2.36. The molecule has 6 heteroatoms. The maximum Gasteiger partial charge on any atom is 0.417 e. The molecule has 0 aromatic carbocycles. The Kier molecular flexibility index (Phi) is 3.95. The number of alkyl halides is 3. The van der Waals surface area contributed by atoms with Crippen LogP contribution in [0.2, 0.25) is 5.02 Å². The number of hydrogen-bond acceptors (Lipinski definition) is 2. The van der Waals surface area contributed by atoms with E-state index < -0.39 is 11.7 Å². The molecule has 0 spiro atoms. The summed E-state index contributed by atoms with van der Waals surface area (Å²) in [6.45, 7) is 4.31. The lowest BCUT2D eigenvalue weighted by Crippen LogP contribution is -2.24. The number of halogens is 4. The van der Waals surface area contributed by atoms with E-state index in [1.807, 2.05) is 0 Å². The van der Waals surface area contributed by atoms with Gasteiger partial charge in [-0.2, -0.15) is 13.2 Å². The first kappa shape index (κ1) is 14.4. The normalized spacial score (nSPS) is 27.6. The van der Waals surface area contributed by atoms with Crippen molar-refractivity contribution < 1.29 is 13.2 Å². The van der Waals surface area contributed by atoms with Gasteiger partial charge in [0.2, 0.25) is 0 Å². The first-order valence-electron chi connectivity index (χ1n) is 6.28. The van der Waals surface area contributed by atoms with Crippen LogP contribution in [-0.2, 0) is 6.18 Å². The summed E-state index contributed by atoms with van der Waals surface area (Å²) < 4.78 is 37.5. The van der Waals surface area contributed by atoms with Crippen molar-refractivity contribution >= 4 is 17.4 Å². The minimum atomic E-state index is -4.41. The molecule has 3 unspecified atom stereocenters. The molecule has 1 saturated carbocycles. The van der Waals surface area contributed by atoms with Gasteiger partial charge in [0.25, 0.3) is 0 Å². The number of anilines is 1. The summed E-state index contributed by atoms with van der Waals surface area (Å²) in [5.41, 5.74) is -0.823. The highest BCUT2D eigenvalue weighted by Gasteiger charge is 2.33. The summed E-state index contributed by atoms with van der Waals surface area (Å²) in [7, 11) is 0. The van der Waals surface area contributed by atoms with Crippen molar-refractivity contribution in [3.63, 3.8) is 0 Å². The standard InChI is InChI=1S/C13H16ClF3N2/c1-7-3-4-11(8(7)2)19-12-10(14)5-9(6-18-12)13(15,16)17/h5-8,11H,3-4H2,1-2H3,(H,18,19). The van der Waals surface area contributed by atoms with Crippen LogP contribution in [0.4, 0.5) is 19.0 Å². The first-order valence-corrected chi connectivity index (χ1v) is 6.66. The molecular weight excluding hydrogens is 277 g/mol. The van der Waals surface area contributed by atoms with Crippen molar-refractivity contribution in [2.45, 2.75) is 38.9 Å². The first-order chi connectivity index (χ1) is 8.79. The fraction of sp³-hybridized carbons (Fsp3) is 0.615. The van der Waals surface area contributed by atoms with Gasteiger partial charge in [-0.3, -0.25) is 0 Å². The number of pyridine rings is 1. The minimum Gasteiger partial charge on any atom is -0.366 e. The number of hydrogen-bond donors (Lipinski definition) is 1. The zero-order valence-corrected chi connectivity index (χ0v) is 11.5. The lowest BCUT2D eigenvalue weighted by molar-refractivity contribution is -0.137. The van der Waals surface area contributed by atoms with Crippen LogP contribution in [0.5, 0.6) is 0 Å². The van der Waals surface area contributed by atoms with Crippen LogP contribution in [0.25, 0.3) is 0 Å². The van der Waals surface area contributed by atoms with Crippen LogP contribution < -0.4 is 5.32 Å². The average molecular weight is 293 g/mol. The Labute approximate surface area is 115 Å². The second-order valence-corrected chi connectivity index (χ2v) is 5.62. The molecule has 0 amide bonds. The molecular formula is C13H16ClF3N2. The fourth-order valence-electron chi connectivity index (χ4n) is 2.44. The summed E-state index contributed by atoms with van der Waals surface area (Å²) in [6, 6.07) is 1.14. The molecule has 1 N–H and O–H groups in total. The van der Waals surface area contributed by atoms with Crippen molar-refractivity contribution in [1.29, 1.82) is 0 Å². The molecule has 1 fully saturated rings. The molecule has 0 aliphatic heterocycles. The van der Waals surface area contributed by atoms with Gasteiger partial charge in [-0.15, -0.1) is 0 Å². The van der Waals surface area contributed by atoms with E-state index in [0.29, 0.717) is 17.7 Å². The number of rotatable bonds is 2. The van der Waals surface area contributed by atoms with Crippen LogP contribution in [0.15, 0.2) is 12.3 Å². The van der Waals surface area contributed by atoms with Gasteiger partial charge < -0.3 is 5.32 Å². The Morgan fingerprint density at radius 2 is 2.00 bits per heavy atom. The van der Waals surface area contributed by atoms with Gasteiger partial charge in [0.15, 0.2) is 0 Å². The molecule has 1 aromatic heterocycles. The molecule has 3 atom stereocenters. The van der Waals surface area contributed by atoms with E-state index in [4.69, 9.17) is 11.6 Å². The van der Waals surface area contributed by atoms with E-state index in [1.165, 1.54) is 0 Å². The monoisotopic (exact) mass is 292 g/mol. The summed E-state index contributed by atoms with van der Waals surface area (Å²) >= 11 is 5.87. The second kappa shape index (κ2) is 5.19. The number of aromatic nitrogens is 1. The third kappa shape index (κ3) is 3.14. The van der Waals surface area contributed by atoms with Crippen LogP contribution in [0.3, 0.4) is 0 Å². The Balaban J connectivity index is 2.14. The minimum absolute atomic E-state index is 0.0154. The third-order valence-electron chi connectivity index (χ3n) is 3.96. The lowest BCUT2D eigenvalue weighted by atomic mass is 9.98. The molecule has 2 nitrogen and oxygen atoms in total. The van der Waals surface area contributed by atoms with Crippen molar-refractivity contribution in [2.24, 2.45) is 11.8 Å². The maximum atomic E-state index is 12.5. The van der Waals surface area contributed by atoms with E-state index >= 15 is 0 Å². The molecule has 1 aromatic rings. The van der Waals surface area contributed by atoms with Gasteiger partial charge in [0.05, 0.1) is 10.6 Å². The third-order valence-corrected chi connectivity index (χ3v) is 4.24. The summed E-state index contributed by atoms with van der Waals surface area (Å²) in [6.07, 6.45) is -1.50. The molecule has 2 rings (SSSR count). The predicted molar refractivity (Wildman–Crippen MR) is 69.2 cm³/mol. The van der Waals surface area contributed by atoms with Gasteiger partial charge in [-0.1, -0.05) is 25.4 Å². The second-order valence-electron chi connectivity index (χ2n) is 5.22. The molecule has 0 bridgehead atoms. The average Bonchev–Trinajstić information content (AvgIpc) is 2.62. The van der Waals surface area contributed by atoms with Crippen molar-refractivity contribution in [3.8, 4) is 0 Å². The Morgan fingerprint density at radius 3 is 2.47 bits per heavy atom. The zero-order valence-electron chi connectivity index (χ0n) is 10.8. The predicted octanol–water partition coefficient (Wildman–Crippen LogP) is 4.60. The Bertz CT molecular complexity index is 462. The molecule has 1 heterocycles. The Hall–Kier alpha value is -0.970. The smallest absolute Gasteiger partial charge is 0.366 e. The fourth-order valence-corrected chi connectivity index (χ4v) is 2.66. The van der Waals surface area contributed by atoms with Crippen molar-refractivity contribution in [2.75, 3.05) is 5.32 Å². The Morgan fingerprint density at radius 1 is 1.32 bits per heavy atom. The topological polar surface area (TPSA) is 24.9 Å². The van der Waals surface area contributed by atoms with Crippen LogP contribution in [0, 0.1) is 11.8 Å². The van der Waals surface area contributed by atoms with Gasteiger partial charge in [0.1, 0.15) is 5.82 Å². The summed E-state index contributed by atoms with van der Waals surface area (Å²) in [4.78, 5) is 3.80. The van der Waals surface area contributed by atoms with Gasteiger partial charge in [-0.05, 0) is 30.7 Å². The molecule has 1 aliphatic rings. The number of nitrogens with zero attached hydrogens (tertiary/aromatic N) is 1. The largest absolute Gasteiger partial charge is 0.417 e. The quantitative estimate of drug-likeness (QED) is 0.861. The molecule has 19 heavy (non-hydrogen) atoms. The molecule has 0 radical (unpaired) electrons. The highest BCUT2D eigenvalue weighted by molar-refractivity contribution is 6.33. The van der Waals surface area contributed by atoms with Crippen molar-refractivity contribution in [3.05, 3.63) is 22.8 Å². The van der Waals surface area contributed by atoms with E-state index in [2.05, 4.69) is 24.1 Å². The molecule has 1 aliphatic carbocycles. The van der Waals surface area contributed by atoms with E-state index in [0.717, 1.165) is 25.1 Å². The summed E-state index contributed by atoms with van der Waals surface area (Å²) in [5, 5.41) is 3.17. The maximum absolute atomic E-state index is 12.5. The van der Waals surface area contributed by atoms with E-state index in [9.17, 15) is 13.2 Å². The summed E-state index contributed by atoms with van der Waals surface area (Å²) in [5.74, 6) is 1.39.